The third-order valence-electron chi connectivity index (χ3n) is 2.96. The van der Waals surface area contributed by atoms with Crippen molar-refractivity contribution in [1.82, 2.24) is 0 Å². The van der Waals surface area contributed by atoms with Gasteiger partial charge in [-0.15, -0.1) is 0 Å². The van der Waals surface area contributed by atoms with E-state index < -0.39 is 17.4 Å². The summed E-state index contributed by atoms with van der Waals surface area (Å²) in [6, 6.07) is 7.06. The van der Waals surface area contributed by atoms with E-state index in [2.05, 4.69) is 0 Å². The van der Waals surface area contributed by atoms with Gasteiger partial charge in [-0.3, -0.25) is 4.79 Å². The van der Waals surface area contributed by atoms with E-state index in [1.807, 2.05) is 6.07 Å². The summed E-state index contributed by atoms with van der Waals surface area (Å²) in [6.45, 7) is 3.57. The molecule has 0 saturated carbocycles. The van der Waals surface area contributed by atoms with Crippen molar-refractivity contribution in [3.63, 3.8) is 0 Å². The Morgan fingerprint density at radius 2 is 1.58 bits per heavy atom. The average Bonchev–Trinajstić information content (AvgIpc) is 2.33. The van der Waals surface area contributed by atoms with Gasteiger partial charge in [0.1, 0.15) is 0 Å². The molecular weight excluding hydrogens is 270 g/mol. The van der Waals surface area contributed by atoms with E-state index in [1.54, 1.807) is 26.0 Å². The Hall–Kier alpha value is -1.74. The van der Waals surface area contributed by atoms with E-state index in [-0.39, 0.29) is 10.6 Å². The number of ketones is 1. The number of aryl methyl sites for hydroxylation is 2. The summed E-state index contributed by atoms with van der Waals surface area (Å²) in [5.41, 5.74) is 1.98. The van der Waals surface area contributed by atoms with Crippen LogP contribution in [0, 0.1) is 25.5 Å². The molecule has 0 aliphatic rings. The first-order valence-corrected chi connectivity index (χ1v) is 6.05. The first-order chi connectivity index (χ1) is 8.91. The lowest BCUT2D eigenvalue weighted by atomic mass is 9.95. The summed E-state index contributed by atoms with van der Waals surface area (Å²) < 4.78 is 26.3. The number of hydrogen-bond acceptors (Lipinski definition) is 1. The molecule has 0 atom stereocenters. The van der Waals surface area contributed by atoms with Crippen LogP contribution in [0.2, 0.25) is 5.02 Å². The summed E-state index contributed by atoms with van der Waals surface area (Å²) in [7, 11) is 0. The Morgan fingerprint density at radius 3 is 2.16 bits per heavy atom. The standard InChI is InChI=1S/C15H11ClF2O/c1-8-4-3-5-9(2)14(8)15(19)10-6-12(17)13(18)7-11(10)16/h3-7H,1-2H3. The number of halogens is 3. The number of carbonyl (C=O) groups excluding carboxylic acids is 1. The molecule has 0 bridgehead atoms. The smallest absolute Gasteiger partial charge is 0.195 e. The van der Waals surface area contributed by atoms with E-state index in [9.17, 15) is 13.6 Å². The van der Waals surface area contributed by atoms with E-state index in [0.29, 0.717) is 5.56 Å². The van der Waals surface area contributed by atoms with Crippen LogP contribution >= 0.6 is 11.6 Å². The molecule has 0 heterocycles. The molecule has 0 aliphatic carbocycles. The Labute approximate surface area is 114 Å². The zero-order valence-electron chi connectivity index (χ0n) is 10.4. The van der Waals surface area contributed by atoms with Crippen molar-refractivity contribution < 1.29 is 13.6 Å². The molecule has 19 heavy (non-hydrogen) atoms. The van der Waals surface area contributed by atoms with Gasteiger partial charge in [-0.05, 0) is 37.1 Å². The molecule has 0 N–H and O–H groups in total. The second kappa shape index (κ2) is 5.10. The third-order valence-corrected chi connectivity index (χ3v) is 3.28. The molecule has 0 spiro atoms. The largest absolute Gasteiger partial charge is 0.289 e. The van der Waals surface area contributed by atoms with Crippen LogP contribution in [0.25, 0.3) is 0 Å². The summed E-state index contributed by atoms with van der Waals surface area (Å²) in [5, 5.41) is -0.0912. The predicted molar refractivity (Wildman–Crippen MR) is 70.7 cm³/mol. The number of hydrogen-bond donors (Lipinski definition) is 0. The highest BCUT2D eigenvalue weighted by molar-refractivity contribution is 6.35. The molecule has 0 aliphatic heterocycles. The third kappa shape index (κ3) is 2.51. The van der Waals surface area contributed by atoms with Crippen molar-refractivity contribution in [2.75, 3.05) is 0 Å². The molecule has 0 saturated heterocycles. The fourth-order valence-corrected chi connectivity index (χ4v) is 2.24. The van der Waals surface area contributed by atoms with E-state index >= 15 is 0 Å². The van der Waals surface area contributed by atoms with Gasteiger partial charge in [0.15, 0.2) is 17.4 Å². The highest BCUT2D eigenvalue weighted by Crippen LogP contribution is 2.25. The summed E-state index contributed by atoms with van der Waals surface area (Å²) in [6.07, 6.45) is 0. The van der Waals surface area contributed by atoms with Crippen molar-refractivity contribution in [2.24, 2.45) is 0 Å². The monoisotopic (exact) mass is 280 g/mol. The lowest BCUT2D eigenvalue weighted by Crippen LogP contribution is -2.08. The Morgan fingerprint density at radius 1 is 1.05 bits per heavy atom. The predicted octanol–water partition coefficient (Wildman–Crippen LogP) is 4.47. The van der Waals surface area contributed by atoms with E-state index in [0.717, 1.165) is 23.3 Å². The Kier molecular flexibility index (Phi) is 3.67. The maximum atomic E-state index is 13.3. The molecule has 0 radical (unpaired) electrons. The van der Waals surface area contributed by atoms with Gasteiger partial charge in [0, 0.05) is 11.1 Å². The van der Waals surface area contributed by atoms with Crippen molar-refractivity contribution in [3.05, 3.63) is 69.2 Å². The van der Waals surface area contributed by atoms with Crippen molar-refractivity contribution >= 4 is 17.4 Å². The molecule has 0 amide bonds. The first kappa shape index (κ1) is 13.7. The van der Waals surface area contributed by atoms with Crippen LogP contribution in [0.3, 0.4) is 0 Å². The van der Waals surface area contributed by atoms with Crippen LogP contribution in [0.4, 0.5) is 8.78 Å². The molecule has 98 valence electrons. The Balaban J connectivity index is 2.60. The number of benzene rings is 2. The topological polar surface area (TPSA) is 17.1 Å². The normalized spacial score (nSPS) is 10.6. The molecule has 2 aromatic rings. The van der Waals surface area contributed by atoms with Crippen molar-refractivity contribution in [2.45, 2.75) is 13.8 Å². The second-order valence-electron chi connectivity index (χ2n) is 4.34. The van der Waals surface area contributed by atoms with Gasteiger partial charge in [-0.2, -0.15) is 0 Å². The van der Waals surface area contributed by atoms with Gasteiger partial charge < -0.3 is 0 Å². The molecule has 0 fully saturated rings. The lowest BCUT2D eigenvalue weighted by Gasteiger charge is -2.10. The minimum absolute atomic E-state index is 0.0297. The van der Waals surface area contributed by atoms with Crippen LogP contribution in [0.1, 0.15) is 27.0 Å². The Bertz CT molecular complexity index is 645. The maximum absolute atomic E-state index is 13.3. The van der Waals surface area contributed by atoms with Crippen LogP contribution < -0.4 is 0 Å². The fraction of sp³-hybridized carbons (Fsp3) is 0.133. The van der Waals surface area contributed by atoms with E-state index in [1.165, 1.54) is 0 Å². The van der Waals surface area contributed by atoms with Gasteiger partial charge >= 0.3 is 0 Å². The summed E-state index contributed by atoms with van der Waals surface area (Å²) in [5.74, 6) is -2.55. The highest BCUT2D eigenvalue weighted by atomic mass is 35.5. The molecule has 2 rings (SSSR count). The molecule has 0 aromatic heterocycles. The van der Waals surface area contributed by atoms with Gasteiger partial charge in [0.05, 0.1) is 5.02 Å². The zero-order valence-corrected chi connectivity index (χ0v) is 11.2. The molecule has 4 heteroatoms. The molecule has 0 unspecified atom stereocenters. The van der Waals surface area contributed by atoms with Gasteiger partial charge in [-0.1, -0.05) is 29.8 Å². The number of rotatable bonds is 2. The zero-order chi connectivity index (χ0) is 14.2. The summed E-state index contributed by atoms with van der Waals surface area (Å²) in [4.78, 5) is 12.4. The van der Waals surface area contributed by atoms with Crippen LogP contribution in [0.5, 0.6) is 0 Å². The molecule has 2 aromatic carbocycles. The minimum atomic E-state index is -1.08. The van der Waals surface area contributed by atoms with Crippen molar-refractivity contribution in [1.29, 1.82) is 0 Å². The first-order valence-electron chi connectivity index (χ1n) is 5.67. The quantitative estimate of drug-likeness (QED) is 0.586. The van der Waals surface area contributed by atoms with Crippen molar-refractivity contribution in [3.8, 4) is 0 Å². The van der Waals surface area contributed by atoms with Gasteiger partial charge in [0.25, 0.3) is 0 Å². The highest BCUT2D eigenvalue weighted by Gasteiger charge is 2.19. The maximum Gasteiger partial charge on any atom is 0.195 e. The van der Waals surface area contributed by atoms with Gasteiger partial charge in [0.2, 0.25) is 0 Å². The second-order valence-corrected chi connectivity index (χ2v) is 4.75. The fourth-order valence-electron chi connectivity index (χ4n) is 2.00. The SMILES string of the molecule is Cc1cccc(C)c1C(=O)c1cc(F)c(F)cc1Cl. The molecule has 1 nitrogen and oxygen atoms in total. The average molecular weight is 281 g/mol. The lowest BCUT2D eigenvalue weighted by molar-refractivity contribution is 0.103. The van der Waals surface area contributed by atoms with Crippen LogP contribution in [-0.4, -0.2) is 5.78 Å². The molecular formula is C15H11ClF2O. The van der Waals surface area contributed by atoms with Crippen LogP contribution in [0.15, 0.2) is 30.3 Å². The van der Waals surface area contributed by atoms with Gasteiger partial charge in [-0.25, -0.2) is 8.78 Å². The summed E-state index contributed by atoms with van der Waals surface area (Å²) >= 11 is 5.82. The van der Waals surface area contributed by atoms with Crippen LogP contribution in [-0.2, 0) is 0 Å². The minimum Gasteiger partial charge on any atom is -0.289 e. The van der Waals surface area contributed by atoms with E-state index in [4.69, 9.17) is 11.6 Å². The number of carbonyl (C=O) groups is 1.